The van der Waals surface area contributed by atoms with Crippen molar-refractivity contribution >= 4 is 34.2 Å². The molecular formula is C25H24Cl2FN3O2. The van der Waals surface area contributed by atoms with Crippen molar-refractivity contribution in [2.75, 3.05) is 13.2 Å². The minimum absolute atomic E-state index is 0.171. The van der Waals surface area contributed by atoms with Crippen LogP contribution < -0.4 is 14.8 Å². The van der Waals surface area contributed by atoms with Crippen LogP contribution in [-0.4, -0.2) is 23.1 Å². The molecule has 0 aliphatic heterocycles. The van der Waals surface area contributed by atoms with Gasteiger partial charge >= 0.3 is 0 Å². The van der Waals surface area contributed by atoms with Gasteiger partial charge in [0.1, 0.15) is 18.2 Å². The zero-order valence-corrected chi connectivity index (χ0v) is 19.6. The second-order valence-electron chi connectivity index (χ2n) is 7.48. The summed E-state index contributed by atoms with van der Waals surface area (Å²) in [5.74, 6) is 1.65. The SMILES string of the molecule is CCOc1cc(CNCCc2nc3ccccc3[nH]2)c(Cl)cc1OCc1ccc(F)cc1Cl. The summed E-state index contributed by atoms with van der Waals surface area (Å²) < 4.78 is 24.9. The summed E-state index contributed by atoms with van der Waals surface area (Å²) in [4.78, 5) is 7.92. The van der Waals surface area contributed by atoms with Gasteiger partial charge in [-0.3, -0.25) is 0 Å². The Morgan fingerprint density at radius 1 is 0.970 bits per heavy atom. The van der Waals surface area contributed by atoms with Crippen molar-refractivity contribution in [3.8, 4) is 11.5 Å². The number of rotatable bonds is 10. The summed E-state index contributed by atoms with van der Waals surface area (Å²) in [6.45, 7) is 3.87. The predicted octanol–water partition coefficient (Wildman–Crippen LogP) is 6.32. The number of aromatic amines is 1. The van der Waals surface area contributed by atoms with Gasteiger partial charge in [-0.2, -0.15) is 0 Å². The van der Waals surface area contributed by atoms with Crippen LogP contribution in [0.5, 0.6) is 11.5 Å². The molecule has 0 aliphatic carbocycles. The van der Waals surface area contributed by atoms with Crippen molar-refractivity contribution in [3.63, 3.8) is 0 Å². The monoisotopic (exact) mass is 487 g/mol. The van der Waals surface area contributed by atoms with Crippen molar-refractivity contribution in [2.45, 2.75) is 26.5 Å². The molecule has 0 saturated carbocycles. The van der Waals surface area contributed by atoms with Crippen LogP contribution in [0.25, 0.3) is 11.0 Å². The van der Waals surface area contributed by atoms with Gasteiger partial charge in [0, 0.05) is 36.2 Å². The van der Waals surface area contributed by atoms with Crippen LogP contribution in [0, 0.1) is 5.82 Å². The number of ether oxygens (including phenoxy) is 2. The Kier molecular flexibility index (Phi) is 7.70. The van der Waals surface area contributed by atoms with Gasteiger partial charge in [0.15, 0.2) is 11.5 Å². The molecule has 3 aromatic carbocycles. The highest BCUT2D eigenvalue weighted by molar-refractivity contribution is 6.31. The van der Waals surface area contributed by atoms with Crippen molar-refractivity contribution < 1.29 is 13.9 Å². The van der Waals surface area contributed by atoms with E-state index in [9.17, 15) is 4.39 Å². The largest absolute Gasteiger partial charge is 0.490 e. The van der Waals surface area contributed by atoms with E-state index in [1.54, 1.807) is 12.1 Å². The lowest BCUT2D eigenvalue weighted by atomic mass is 10.2. The first kappa shape index (κ1) is 23.4. The third kappa shape index (κ3) is 5.96. The fourth-order valence-corrected chi connectivity index (χ4v) is 3.88. The zero-order chi connectivity index (χ0) is 23.2. The second-order valence-corrected chi connectivity index (χ2v) is 8.29. The normalized spacial score (nSPS) is 11.2. The van der Waals surface area contributed by atoms with E-state index < -0.39 is 0 Å². The molecule has 33 heavy (non-hydrogen) atoms. The fraction of sp³-hybridized carbons (Fsp3) is 0.240. The van der Waals surface area contributed by atoms with Gasteiger partial charge in [-0.05, 0) is 42.8 Å². The standard InChI is InChI=1S/C25H24Cl2FN3O2/c1-2-32-23-11-17(14-29-10-9-25-30-21-5-3-4-6-22(21)31-25)20(27)13-24(23)33-15-16-7-8-18(28)12-19(16)26/h3-8,11-13,29H,2,9-10,14-15H2,1H3,(H,30,31). The number of nitrogens with zero attached hydrogens (tertiary/aromatic N) is 1. The van der Waals surface area contributed by atoms with Crippen LogP contribution >= 0.6 is 23.2 Å². The van der Waals surface area contributed by atoms with Crippen LogP contribution in [0.1, 0.15) is 23.9 Å². The molecule has 0 aliphatic rings. The Hall–Kier alpha value is -2.80. The van der Waals surface area contributed by atoms with Crippen LogP contribution in [0.3, 0.4) is 0 Å². The molecule has 4 aromatic rings. The van der Waals surface area contributed by atoms with Crippen molar-refractivity contribution in [1.82, 2.24) is 15.3 Å². The summed E-state index contributed by atoms with van der Waals surface area (Å²) in [6, 6.07) is 15.8. The number of H-pyrrole nitrogens is 1. The molecule has 5 nitrogen and oxygen atoms in total. The molecule has 0 fully saturated rings. The number of fused-ring (bicyclic) bond motifs is 1. The van der Waals surface area contributed by atoms with E-state index in [0.717, 1.165) is 35.4 Å². The summed E-state index contributed by atoms with van der Waals surface area (Å²) in [5.41, 5.74) is 3.58. The summed E-state index contributed by atoms with van der Waals surface area (Å²) in [6.07, 6.45) is 0.768. The van der Waals surface area contributed by atoms with Gasteiger partial charge in [0.2, 0.25) is 0 Å². The number of para-hydroxylation sites is 2. The number of benzene rings is 3. The fourth-order valence-electron chi connectivity index (χ4n) is 3.44. The molecule has 1 aromatic heterocycles. The molecule has 0 spiro atoms. The van der Waals surface area contributed by atoms with Crippen LogP contribution in [-0.2, 0) is 19.6 Å². The predicted molar refractivity (Wildman–Crippen MR) is 130 cm³/mol. The Morgan fingerprint density at radius 2 is 1.76 bits per heavy atom. The molecule has 0 unspecified atom stereocenters. The zero-order valence-electron chi connectivity index (χ0n) is 18.1. The lowest BCUT2D eigenvalue weighted by Gasteiger charge is -2.16. The maximum atomic E-state index is 13.3. The van der Waals surface area contributed by atoms with Crippen LogP contribution in [0.4, 0.5) is 4.39 Å². The molecule has 2 N–H and O–H groups in total. The second kappa shape index (κ2) is 10.9. The van der Waals surface area contributed by atoms with E-state index in [1.165, 1.54) is 12.1 Å². The van der Waals surface area contributed by atoms with E-state index in [1.807, 2.05) is 37.3 Å². The van der Waals surface area contributed by atoms with E-state index in [0.29, 0.717) is 40.3 Å². The van der Waals surface area contributed by atoms with Crippen LogP contribution in [0.15, 0.2) is 54.6 Å². The lowest BCUT2D eigenvalue weighted by Crippen LogP contribution is -2.17. The first-order valence-electron chi connectivity index (χ1n) is 10.7. The highest BCUT2D eigenvalue weighted by Crippen LogP contribution is 2.34. The van der Waals surface area contributed by atoms with Crippen molar-refractivity contribution in [1.29, 1.82) is 0 Å². The molecule has 0 bridgehead atoms. The Morgan fingerprint density at radius 3 is 2.55 bits per heavy atom. The Labute approximate surface area is 201 Å². The minimum Gasteiger partial charge on any atom is -0.490 e. The quantitative estimate of drug-likeness (QED) is 0.257. The molecule has 172 valence electrons. The minimum atomic E-state index is -0.390. The number of imidazole rings is 1. The number of halogens is 3. The Balaban J connectivity index is 1.38. The first-order chi connectivity index (χ1) is 16.0. The van der Waals surface area contributed by atoms with Gasteiger partial charge < -0.3 is 19.8 Å². The molecule has 0 saturated heterocycles. The topological polar surface area (TPSA) is 59.2 Å². The summed E-state index contributed by atoms with van der Waals surface area (Å²) >= 11 is 12.6. The van der Waals surface area contributed by atoms with Gasteiger partial charge in [0.25, 0.3) is 0 Å². The smallest absolute Gasteiger partial charge is 0.163 e. The number of hydrogen-bond donors (Lipinski definition) is 2. The van der Waals surface area contributed by atoms with Gasteiger partial charge in [-0.25, -0.2) is 9.37 Å². The summed E-state index contributed by atoms with van der Waals surface area (Å²) in [7, 11) is 0. The maximum Gasteiger partial charge on any atom is 0.163 e. The molecule has 0 atom stereocenters. The molecule has 0 amide bonds. The highest BCUT2D eigenvalue weighted by atomic mass is 35.5. The number of aromatic nitrogens is 2. The van der Waals surface area contributed by atoms with Gasteiger partial charge in [-0.15, -0.1) is 0 Å². The Bertz CT molecular complexity index is 1210. The molecule has 0 radical (unpaired) electrons. The average Bonchev–Trinajstić information content (AvgIpc) is 3.21. The number of hydrogen-bond acceptors (Lipinski definition) is 4. The molecule has 4 rings (SSSR count). The van der Waals surface area contributed by atoms with E-state index in [2.05, 4.69) is 15.3 Å². The van der Waals surface area contributed by atoms with E-state index >= 15 is 0 Å². The van der Waals surface area contributed by atoms with E-state index in [4.69, 9.17) is 32.7 Å². The third-order valence-corrected chi connectivity index (χ3v) is 5.81. The van der Waals surface area contributed by atoms with Crippen molar-refractivity contribution in [2.24, 2.45) is 0 Å². The highest BCUT2D eigenvalue weighted by Gasteiger charge is 2.13. The first-order valence-corrected chi connectivity index (χ1v) is 11.5. The lowest BCUT2D eigenvalue weighted by molar-refractivity contribution is 0.269. The summed E-state index contributed by atoms with van der Waals surface area (Å²) in [5, 5.41) is 4.28. The molecular weight excluding hydrogens is 464 g/mol. The van der Waals surface area contributed by atoms with Crippen LogP contribution in [0.2, 0.25) is 10.0 Å². The van der Waals surface area contributed by atoms with Gasteiger partial charge in [0.05, 0.1) is 22.7 Å². The maximum absolute atomic E-state index is 13.3. The van der Waals surface area contributed by atoms with E-state index in [-0.39, 0.29) is 12.4 Å². The third-order valence-electron chi connectivity index (χ3n) is 5.10. The van der Waals surface area contributed by atoms with Gasteiger partial charge in [-0.1, -0.05) is 41.4 Å². The molecule has 8 heteroatoms. The number of nitrogens with one attached hydrogen (secondary N) is 2. The van der Waals surface area contributed by atoms with Crippen molar-refractivity contribution in [3.05, 3.63) is 87.4 Å². The average molecular weight is 488 g/mol. The molecule has 1 heterocycles.